The van der Waals surface area contributed by atoms with Gasteiger partial charge in [-0.15, -0.1) is 0 Å². The van der Waals surface area contributed by atoms with Crippen molar-refractivity contribution in [2.24, 2.45) is 0 Å². The summed E-state index contributed by atoms with van der Waals surface area (Å²) in [4.78, 5) is 28.8. The first-order valence-corrected chi connectivity index (χ1v) is 30.5. The molecule has 79 heavy (non-hydrogen) atoms. The Bertz CT molecular complexity index is 2640. The Labute approximate surface area is 484 Å². The van der Waals surface area contributed by atoms with Gasteiger partial charge in [0, 0.05) is 97.4 Å². The van der Waals surface area contributed by atoms with Crippen molar-refractivity contribution in [3.05, 3.63) is 126 Å². The van der Waals surface area contributed by atoms with E-state index >= 15 is 0 Å². The molecule has 2 aliphatic rings. The first-order valence-electron chi connectivity index (χ1n) is 26.0. The first-order chi connectivity index (χ1) is 38.0. The van der Waals surface area contributed by atoms with Crippen molar-refractivity contribution in [3.8, 4) is 0 Å². The molecule has 4 aromatic carbocycles. The fourth-order valence-corrected chi connectivity index (χ4v) is 12.2. The van der Waals surface area contributed by atoms with Gasteiger partial charge in [0.05, 0.1) is 89.1 Å². The number of urea groups is 2. The molecule has 0 aliphatic carbocycles. The number of carbonyl (C=O) groups excluding carboxylic acids is 2. The lowest BCUT2D eigenvalue weighted by atomic mass is 9.85. The van der Waals surface area contributed by atoms with Crippen molar-refractivity contribution in [3.63, 3.8) is 0 Å². The molecule has 0 saturated heterocycles. The zero-order chi connectivity index (χ0) is 56.6. The average molecular weight is 1220 g/mol. The normalized spacial score (nSPS) is 15.8. The quantitative estimate of drug-likeness (QED) is 0.0304. The van der Waals surface area contributed by atoms with Gasteiger partial charge in [0.2, 0.25) is 20.0 Å². The molecule has 0 spiro atoms. The third kappa shape index (κ3) is 21.4. The van der Waals surface area contributed by atoms with E-state index in [1.54, 1.807) is 48.5 Å². The third-order valence-corrected chi connectivity index (χ3v) is 16.7. The molecule has 2 atom stereocenters. The van der Waals surface area contributed by atoms with E-state index in [1.165, 1.54) is 0 Å². The van der Waals surface area contributed by atoms with Gasteiger partial charge in [-0.25, -0.2) is 35.9 Å². The smallest absolute Gasteiger partial charge is 0.314 e. The van der Waals surface area contributed by atoms with Gasteiger partial charge < -0.3 is 59.5 Å². The minimum Gasteiger partial charge on any atom is -0.378 e. The maximum atomic E-state index is 13.1. The van der Waals surface area contributed by atoms with Crippen molar-refractivity contribution in [2.45, 2.75) is 41.1 Å². The van der Waals surface area contributed by atoms with Crippen LogP contribution in [0.2, 0.25) is 20.1 Å². The lowest BCUT2D eigenvalue weighted by Crippen LogP contribution is -2.40. The molecular weight excluding hydrogens is 1150 g/mol. The van der Waals surface area contributed by atoms with Crippen LogP contribution >= 0.6 is 46.4 Å². The Balaban J connectivity index is 0.673. The van der Waals surface area contributed by atoms with E-state index in [9.17, 15) is 26.4 Å². The lowest BCUT2D eigenvalue weighted by Gasteiger charge is -2.33. The largest absolute Gasteiger partial charge is 0.378 e. The van der Waals surface area contributed by atoms with Crippen LogP contribution in [0.3, 0.4) is 0 Å². The molecule has 0 fully saturated rings. The average Bonchev–Trinajstić information content (AvgIpc) is 3.46. The van der Waals surface area contributed by atoms with Gasteiger partial charge >= 0.3 is 12.1 Å². The highest BCUT2D eigenvalue weighted by molar-refractivity contribution is 7.89. The van der Waals surface area contributed by atoms with Crippen molar-refractivity contribution < 1.29 is 54.8 Å². The number of nitrogens with one attached hydrogen (secondary N) is 6. The Morgan fingerprint density at radius 2 is 0.823 bits per heavy atom. The van der Waals surface area contributed by atoms with E-state index in [1.807, 2.05) is 38.4 Å². The summed E-state index contributed by atoms with van der Waals surface area (Å²) in [5, 5.41) is 13.1. The summed E-state index contributed by atoms with van der Waals surface area (Å²) in [7, 11) is -3.57. The molecule has 2 heterocycles. The molecule has 4 aromatic rings. The van der Waals surface area contributed by atoms with Gasteiger partial charge in [-0.2, -0.15) is 0 Å². The van der Waals surface area contributed by atoms with Gasteiger partial charge in [0.25, 0.3) is 0 Å². The van der Waals surface area contributed by atoms with Crippen LogP contribution in [0.5, 0.6) is 0 Å². The Kier molecular flexibility index (Phi) is 27.0. The van der Waals surface area contributed by atoms with Crippen molar-refractivity contribution in [2.75, 3.05) is 146 Å². The van der Waals surface area contributed by atoms with Crippen molar-refractivity contribution in [1.82, 2.24) is 40.5 Å². The molecule has 6 rings (SSSR count). The number of likely N-dealkylation sites (N-methyl/N-ethyl adjacent to an activating group) is 2. The van der Waals surface area contributed by atoms with Gasteiger partial charge in [0.15, 0.2) is 0 Å². The minimum atomic E-state index is -3.79. The molecule has 436 valence electrons. The van der Waals surface area contributed by atoms with Gasteiger partial charge in [-0.1, -0.05) is 70.7 Å². The molecule has 0 unspecified atom stereocenters. The molecule has 2 aliphatic heterocycles. The summed E-state index contributed by atoms with van der Waals surface area (Å²) in [5.41, 5.74) is 5.69. The zero-order valence-electron chi connectivity index (χ0n) is 44.5. The number of fused-ring (bicyclic) bond motifs is 2. The van der Waals surface area contributed by atoms with Crippen LogP contribution in [0.4, 0.5) is 9.59 Å². The third-order valence-electron chi connectivity index (χ3n) is 12.7. The second kappa shape index (κ2) is 33.3. The number of sulfonamides is 2. The summed E-state index contributed by atoms with van der Waals surface area (Å²) in [6.07, 6.45) is 0.522. The zero-order valence-corrected chi connectivity index (χ0v) is 49.1. The fourth-order valence-electron chi connectivity index (χ4n) is 8.90. The maximum Gasteiger partial charge on any atom is 0.314 e. The molecule has 0 radical (unpaired) electrons. The van der Waals surface area contributed by atoms with E-state index in [2.05, 4.69) is 40.5 Å². The number of halogens is 4. The summed E-state index contributed by atoms with van der Waals surface area (Å²) in [5.74, 6) is -0.183. The summed E-state index contributed by atoms with van der Waals surface area (Å²) < 4.78 is 90.8. The van der Waals surface area contributed by atoms with E-state index in [4.69, 9.17) is 74.8 Å². The predicted octanol–water partition coefficient (Wildman–Crippen LogP) is 5.80. The number of carbonyl (C=O) groups is 2. The van der Waals surface area contributed by atoms with E-state index in [0.29, 0.717) is 119 Å². The Morgan fingerprint density at radius 1 is 0.481 bits per heavy atom. The SMILES string of the molecule is CN1Cc2c(Cl)cc(Cl)cc2[C@H](c2cccc(S(=O)(=O)NCCOCCOCCOCCNC(=O)NCCCNC(=O)NCCOCCOCCOCCNS(=O)(=O)c3cccc([C@@H]4CN(C)Cc5c(Cl)cc(Cl)cc54)c3)c2)C1. The van der Waals surface area contributed by atoms with Crippen LogP contribution in [-0.4, -0.2) is 184 Å². The highest BCUT2D eigenvalue weighted by atomic mass is 35.5. The molecule has 4 amide bonds. The Hall–Kier alpha value is -3.92. The predicted molar refractivity (Wildman–Crippen MR) is 305 cm³/mol. The monoisotopic (exact) mass is 1220 g/mol. The number of nitrogens with zero attached hydrogens (tertiary/aromatic N) is 2. The van der Waals surface area contributed by atoms with E-state index in [0.717, 1.165) is 33.4 Å². The van der Waals surface area contributed by atoms with Gasteiger partial charge in [0.1, 0.15) is 0 Å². The number of ether oxygens (including phenoxy) is 6. The first kappa shape index (κ1) is 64.3. The second-order valence-electron chi connectivity index (χ2n) is 18.7. The number of hydrogen-bond donors (Lipinski definition) is 6. The van der Waals surface area contributed by atoms with Crippen LogP contribution in [0.15, 0.2) is 82.6 Å². The molecule has 0 bridgehead atoms. The Morgan fingerprint density at radius 3 is 1.20 bits per heavy atom. The van der Waals surface area contributed by atoms with Gasteiger partial charge in [-0.3, -0.25) is 0 Å². The van der Waals surface area contributed by atoms with Crippen LogP contribution in [0.25, 0.3) is 0 Å². The van der Waals surface area contributed by atoms with Gasteiger partial charge in [-0.05, 0) is 102 Å². The summed E-state index contributed by atoms with van der Waals surface area (Å²) in [6.45, 7) is 7.56. The standard InChI is InChI=1S/C53H72Cl4N8O12S2/c1-64-34-46(44-30-40(54)32-50(56)48(44)36-64)38-6-3-8-42(28-38)78(68,69)62-14-18-74-22-26-76-24-20-72-16-12-60-52(66)58-10-5-11-59-53(67)61-13-17-73-21-25-77-27-23-75-19-15-63-79(70,71)43-9-4-7-39(29-43)47-35-65(2)37-49-45(47)31-41(55)33-51(49)57/h3-4,6-9,28-33,46-47,62-63H,5,10-27,34-37H2,1-2H3,(H2,58,60,66)(H2,59,61,67)/t46-,47-/m0/s1. The molecular formula is C53H72Cl4N8O12S2. The van der Waals surface area contributed by atoms with Crippen molar-refractivity contribution >= 4 is 78.5 Å². The summed E-state index contributed by atoms with van der Waals surface area (Å²) >= 11 is 25.7. The van der Waals surface area contributed by atoms with Crippen LogP contribution in [0.1, 0.15) is 51.6 Å². The molecule has 20 nitrogen and oxygen atoms in total. The maximum absolute atomic E-state index is 13.1. The van der Waals surface area contributed by atoms with Crippen LogP contribution in [0, 0.1) is 0 Å². The fraction of sp³-hybridized carbons (Fsp3) is 0.509. The molecule has 6 N–H and O–H groups in total. The number of benzene rings is 4. The van der Waals surface area contributed by atoms with Crippen molar-refractivity contribution in [1.29, 1.82) is 0 Å². The minimum absolute atomic E-state index is 0.0900. The van der Waals surface area contributed by atoms with E-state index < -0.39 is 20.0 Å². The highest BCUT2D eigenvalue weighted by Crippen LogP contribution is 2.40. The van der Waals surface area contributed by atoms with Crippen LogP contribution < -0.4 is 30.7 Å². The van der Waals surface area contributed by atoms with E-state index in [-0.39, 0.29) is 86.4 Å². The highest BCUT2D eigenvalue weighted by Gasteiger charge is 2.30. The number of hydrogen-bond acceptors (Lipinski definition) is 14. The topological polar surface area (TPSA) is 236 Å². The van der Waals surface area contributed by atoms with Crippen LogP contribution in [-0.2, 0) is 61.6 Å². The number of amides is 4. The summed E-state index contributed by atoms with van der Waals surface area (Å²) in [6, 6.07) is 20.4. The number of rotatable bonds is 34. The lowest BCUT2D eigenvalue weighted by molar-refractivity contribution is 0.0165. The second-order valence-corrected chi connectivity index (χ2v) is 24.0. The molecule has 0 aromatic heterocycles. The molecule has 26 heteroatoms. The molecule has 0 saturated carbocycles.